The molecule has 0 bridgehead atoms. The van der Waals surface area contributed by atoms with Crippen LogP contribution in [0.5, 0.6) is 5.75 Å². The van der Waals surface area contributed by atoms with Crippen molar-refractivity contribution in [3.63, 3.8) is 0 Å². The van der Waals surface area contributed by atoms with Crippen LogP contribution in [0.1, 0.15) is 34.5 Å². The second-order valence-electron chi connectivity index (χ2n) is 9.52. The summed E-state index contributed by atoms with van der Waals surface area (Å²) in [5.41, 5.74) is 3.36. The van der Waals surface area contributed by atoms with Gasteiger partial charge in [0, 0.05) is 32.0 Å². The Kier molecular flexibility index (Phi) is 9.02. The van der Waals surface area contributed by atoms with E-state index < -0.39 is 10.0 Å². The predicted molar refractivity (Wildman–Crippen MR) is 161 cm³/mol. The van der Waals surface area contributed by atoms with Crippen LogP contribution in [0, 0.1) is 0 Å². The molecule has 0 aliphatic carbocycles. The fraction of sp³-hybridized carbons (Fsp3) is 0.194. The van der Waals surface area contributed by atoms with Crippen molar-refractivity contribution in [2.24, 2.45) is 0 Å². The largest absolute Gasteiger partial charge is 0.497 e. The maximum Gasteiger partial charge on any atom is 0.261 e. The van der Waals surface area contributed by atoms with E-state index in [1.807, 2.05) is 62.3 Å². The van der Waals surface area contributed by atoms with Gasteiger partial charge in [-0.25, -0.2) is 8.42 Å². The minimum atomic E-state index is -3.86. The van der Waals surface area contributed by atoms with Gasteiger partial charge in [0.2, 0.25) is 0 Å². The smallest absolute Gasteiger partial charge is 0.261 e. The Balaban J connectivity index is 1.73. The van der Waals surface area contributed by atoms with E-state index in [1.54, 1.807) is 53.4 Å². The lowest BCUT2D eigenvalue weighted by Crippen LogP contribution is -2.34. The number of hydrogen-bond donors (Lipinski definition) is 1. The Labute approximate surface area is 241 Å². The molecule has 0 aliphatic heterocycles. The molecule has 7 nitrogen and oxygen atoms in total. The zero-order valence-electron chi connectivity index (χ0n) is 22.8. The summed E-state index contributed by atoms with van der Waals surface area (Å²) in [4.78, 5) is 17.7. The van der Waals surface area contributed by atoms with Crippen LogP contribution in [0.4, 0.5) is 11.4 Å². The van der Waals surface area contributed by atoms with Crippen molar-refractivity contribution >= 4 is 38.9 Å². The number of nitrogens with zero attached hydrogens (tertiary/aromatic N) is 2. The number of carbonyl (C=O) groups excluding carboxylic acids is 1. The van der Waals surface area contributed by atoms with E-state index in [2.05, 4.69) is 4.72 Å². The Morgan fingerprint density at radius 3 is 2.20 bits per heavy atom. The molecule has 1 N–H and O–H groups in total. The molecule has 1 amide bonds. The van der Waals surface area contributed by atoms with Gasteiger partial charge in [0.05, 0.1) is 28.6 Å². The summed E-state index contributed by atoms with van der Waals surface area (Å²) in [6, 6.07) is 27.9. The molecule has 0 saturated carbocycles. The summed E-state index contributed by atoms with van der Waals surface area (Å²) < 4.78 is 34.1. The number of anilines is 2. The Morgan fingerprint density at radius 2 is 1.57 bits per heavy atom. The van der Waals surface area contributed by atoms with Gasteiger partial charge >= 0.3 is 0 Å². The third-order valence-corrected chi connectivity index (χ3v) is 8.37. The van der Waals surface area contributed by atoms with Crippen LogP contribution < -0.4 is 14.4 Å². The number of carbonyl (C=O) groups is 1. The first-order chi connectivity index (χ1) is 19.1. The van der Waals surface area contributed by atoms with E-state index in [1.165, 1.54) is 19.2 Å². The molecule has 0 radical (unpaired) electrons. The summed E-state index contributed by atoms with van der Waals surface area (Å²) in [6.45, 7) is 2.18. The third-order valence-electron chi connectivity index (χ3n) is 6.64. The van der Waals surface area contributed by atoms with Crippen LogP contribution in [0.25, 0.3) is 0 Å². The van der Waals surface area contributed by atoms with Crippen LogP contribution in [0.3, 0.4) is 0 Å². The first kappa shape index (κ1) is 29.0. The van der Waals surface area contributed by atoms with Gasteiger partial charge in [0.25, 0.3) is 15.9 Å². The molecule has 4 rings (SSSR count). The third kappa shape index (κ3) is 6.58. The first-order valence-corrected chi connectivity index (χ1v) is 14.5. The van der Waals surface area contributed by atoms with Gasteiger partial charge in [-0.05, 0) is 72.6 Å². The molecule has 9 heteroatoms. The normalized spacial score (nSPS) is 11.9. The van der Waals surface area contributed by atoms with E-state index in [0.717, 1.165) is 16.8 Å². The molecule has 0 unspecified atom stereocenters. The molecular formula is C31H32ClN3O4S. The molecule has 4 aromatic rings. The number of methoxy groups -OCH3 is 1. The highest BCUT2D eigenvalue weighted by molar-refractivity contribution is 7.92. The highest BCUT2D eigenvalue weighted by Gasteiger charge is 2.26. The molecule has 0 aliphatic rings. The SMILES string of the molecule is COc1ccc(S(=O)(=O)Nc2ccc(N(C)C)c(CN(C(=O)c3ccccc3Cl)[C@H](C)c3ccccc3)c2)cc1. The molecule has 0 fully saturated rings. The van der Waals surface area contributed by atoms with Gasteiger partial charge in [0.1, 0.15) is 5.75 Å². The number of sulfonamides is 1. The summed E-state index contributed by atoms with van der Waals surface area (Å²) in [6.07, 6.45) is 0. The van der Waals surface area contributed by atoms with Crippen LogP contribution in [-0.2, 0) is 16.6 Å². The average Bonchev–Trinajstić information content (AvgIpc) is 2.95. The van der Waals surface area contributed by atoms with Crippen molar-refractivity contribution in [1.29, 1.82) is 0 Å². The molecule has 40 heavy (non-hydrogen) atoms. The average molecular weight is 578 g/mol. The van der Waals surface area contributed by atoms with Gasteiger partial charge in [-0.15, -0.1) is 0 Å². The number of amides is 1. The van der Waals surface area contributed by atoms with Crippen molar-refractivity contribution in [3.05, 3.63) is 119 Å². The van der Waals surface area contributed by atoms with Gasteiger partial charge < -0.3 is 14.5 Å². The van der Waals surface area contributed by atoms with Crippen molar-refractivity contribution < 1.29 is 17.9 Å². The van der Waals surface area contributed by atoms with Crippen molar-refractivity contribution in [2.75, 3.05) is 30.8 Å². The fourth-order valence-electron chi connectivity index (χ4n) is 4.45. The molecule has 0 saturated heterocycles. The zero-order chi connectivity index (χ0) is 28.9. The standard InChI is InChI=1S/C31H32ClN3O4S/c1-22(23-10-6-5-7-11-23)35(31(36)28-12-8-9-13-29(28)32)21-24-20-25(14-19-30(24)34(2)3)33-40(37,38)27-17-15-26(39-4)16-18-27/h5-20,22,33H,21H2,1-4H3/t22-/m1/s1. The summed E-state index contributed by atoms with van der Waals surface area (Å²) >= 11 is 6.43. The lowest BCUT2D eigenvalue weighted by molar-refractivity contribution is 0.0674. The summed E-state index contributed by atoms with van der Waals surface area (Å²) in [5, 5.41) is 0.367. The van der Waals surface area contributed by atoms with Gasteiger partial charge in [0.15, 0.2) is 0 Å². The zero-order valence-corrected chi connectivity index (χ0v) is 24.4. The monoisotopic (exact) mass is 577 g/mol. The van der Waals surface area contributed by atoms with Gasteiger partial charge in [-0.1, -0.05) is 54.1 Å². The Morgan fingerprint density at radius 1 is 0.925 bits per heavy atom. The minimum absolute atomic E-state index is 0.111. The number of ether oxygens (including phenoxy) is 1. The van der Waals surface area contributed by atoms with Crippen LogP contribution >= 0.6 is 11.6 Å². The quantitative estimate of drug-likeness (QED) is 0.229. The number of rotatable bonds is 10. The molecule has 1 atom stereocenters. The van der Waals surface area contributed by atoms with E-state index >= 15 is 0 Å². The van der Waals surface area contributed by atoms with Crippen molar-refractivity contribution in [1.82, 2.24) is 4.90 Å². The fourth-order valence-corrected chi connectivity index (χ4v) is 5.72. The number of nitrogens with one attached hydrogen (secondary N) is 1. The van der Waals surface area contributed by atoms with Gasteiger partial charge in [-0.2, -0.15) is 0 Å². The van der Waals surface area contributed by atoms with Crippen molar-refractivity contribution in [2.45, 2.75) is 24.4 Å². The van der Waals surface area contributed by atoms with E-state index in [-0.39, 0.29) is 23.4 Å². The molecule has 0 spiro atoms. The van der Waals surface area contributed by atoms with Crippen LogP contribution in [-0.4, -0.2) is 40.4 Å². The number of hydrogen-bond acceptors (Lipinski definition) is 5. The maximum absolute atomic E-state index is 13.9. The van der Waals surface area contributed by atoms with E-state index in [9.17, 15) is 13.2 Å². The summed E-state index contributed by atoms with van der Waals surface area (Å²) in [5.74, 6) is 0.336. The highest BCUT2D eigenvalue weighted by atomic mass is 35.5. The Hall–Kier alpha value is -4.01. The minimum Gasteiger partial charge on any atom is -0.497 e. The van der Waals surface area contributed by atoms with E-state index in [4.69, 9.17) is 16.3 Å². The highest BCUT2D eigenvalue weighted by Crippen LogP contribution is 2.32. The summed E-state index contributed by atoms with van der Waals surface area (Å²) in [7, 11) is 1.47. The second kappa shape index (κ2) is 12.4. The molecule has 0 aromatic heterocycles. The lowest BCUT2D eigenvalue weighted by atomic mass is 10.0. The predicted octanol–water partition coefficient (Wildman–Crippen LogP) is 6.62. The van der Waals surface area contributed by atoms with Crippen molar-refractivity contribution in [3.8, 4) is 5.75 Å². The van der Waals surface area contributed by atoms with Crippen LogP contribution in [0.15, 0.2) is 102 Å². The van der Waals surface area contributed by atoms with Crippen LogP contribution in [0.2, 0.25) is 5.02 Å². The van der Waals surface area contributed by atoms with Gasteiger partial charge in [-0.3, -0.25) is 9.52 Å². The maximum atomic E-state index is 13.9. The molecular weight excluding hydrogens is 546 g/mol. The first-order valence-electron chi connectivity index (χ1n) is 12.7. The second-order valence-corrected chi connectivity index (χ2v) is 11.6. The molecule has 4 aromatic carbocycles. The van der Waals surface area contributed by atoms with E-state index in [0.29, 0.717) is 22.0 Å². The lowest BCUT2D eigenvalue weighted by Gasteiger charge is -2.32. The number of benzene rings is 4. The molecule has 208 valence electrons. The number of halogens is 1. The Bertz CT molecular complexity index is 1580. The molecule has 0 heterocycles. The topological polar surface area (TPSA) is 79.0 Å².